The van der Waals surface area contributed by atoms with Crippen LogP contribution in [0.15, 0.2) is 71.0 Å². The molecular weight excluding hydrogens is 550 g/mol. The number of anilines is 1. The van der Waals surface area contributed by atoms with Crippen molar-refractivity contribution < 1.29 is 19.1 Å². The number of benzene rings is 2. The van der Waals surface area contributed by atoms with Gasteiger partial charge in [0.15, 0.2) is 17.3 Å². The van der Waals surface area contributed by atoms with Gasteiger partial charge in [-0.3, -0.25) is 24.3 Å². The van der Waals surface area contributed by atoms with Gasteiger partial charge in [0.05, 0.1) is 23.4 Å². The maximum absolute atomic E-state index is 13.7. The average Bonchev–Trinajstić information content (AvgIpc) is 3.61. The molecule has 0 aliphatic carbocycles. The molecule has 5 rings (SSSR count). The third-order valence-corrected chi connectivity index (χ3v) is 7.70. The number of thiazole rings is 2. The molecule has 0 radical (unpaired) electrons. The number of nitrogens with one attached hydrogen (secondary N) is 1. The van der Waals surface area contributed by atoms with Crippen molar-refractivity contribution in [1.82, 2.24) is 14.5 Å². The number of carbonyl (C=O) groups excluding carboxylic acids is 2. The van der Waals surface area contributed by atoms with Gasteiger partial charge in [0.1, 0.15) is 16.5 Å². The van der Waals surface area contributed by atoms with E-state index in [-0.39, 0.29) is 28.3 Å². The fourth-order valence-corrected chi connectivity index (χ4v) is 5.66. The Morgan fingerprint density at radius 3 is 2.60 bits per heavy atom. The largest absolute Gasteiger partial charge is 0.483 e. The van der Waals surface area contributed by atoms with E-state index >= 15 is 0 Å². The molecule has 2 amide bonds. The number of morpholine rings is 1. The summed E-state index contributed by atoms with van der Waals surface area (Å²) in [6, 6.07) is 17.9. The monoisotopic (exact) mass is 573 g/mol. The molecule has 1 saturated heterocycles. The van der Waals surface area contributed by atoms with Crippen molar-refractivity contribution >= 4 is 51.3 Å². The minimum absolute atomic E-state index is 0.115. The molecule has 2 aromatic carbocycles. The zero-order valence-corrected chi connectivity index (χ0v) is 22.7. The summed E-state index contributed by atoms with van der Waals surface area (Å²) in [5.41, 5.74) is 0.595. The topological polar surface area (TPSA) is 127 Å². The van der Waals surface area contributed by atoms with Crippen LogP contribution < -0.4 is 24.8 Å². The zero-order chi connectivity index (χ0) is 27.9. The second-order valence-electron chi connectivity index (χ2n) is 8.50. The van der Waals surface area contributed by atoms with Gasteiger partial charge in [-0.1, -0.05) is 36.4 Å². The summed E-state index contributed by atoms with van der Waals surface area (Å²) < 4.78 is 13.0. The van der Waals surface area contributed by atoms with Crippen LogP contribution >= 0.6 is 22.7 Å². The molecule has 1 aliphatic rings. The number of nitriles is 1. The fraction of sp³-hybridized carbons (Fsp3) is 0.179. The normalized spacial score (nSPS) is 14.4. The molecule has 0 unspecified atom stereocenters. The molecular formula is C28H23N5O5S2. The molecule has 1 fully saturated rings. The first-order valence-corrected chi connectivity index (χ1v) is 14.0. The molecule has 10 nitrogen and oxygen atoms in total. The van der Waals surface area contributed by atoms with E-state index in [0.29, 0.717) is 53.0 Å². The Morgan fingerprint density at radius 1 is 1.12 bits per heavy atom. The molecule has 202 valence electrons. The van der Waals surface area contributed by atoms with E-state index in [0.717, 1.165) is 11.3 Å². The highest BCUT2D eigenvalue weighted by Gasteiger charge is 2.24. The Balaban J connectivity index is 1.57. The number of aromatic nitrogens is 2. The van der Waals surface area contributed by atoms with Crippen LogP contribution in [0.1, 0.15) is 5.56 Å². The lowest BCUT2D eigenvalue weighted by Gasteiger charge is -2.26. The first kappa shape index (κ1) is 27.0. The number of para-hydroxylation sites is 2. The summed E-state index contributed by atoms with van der Waals surface area (Å²) in [5, 5.41) is 14.9. The minimum Gasteiger partial charge on any atom is -0.483 e. The molecule has 12 heteroatoms. The molecule has 0 spiro atoms. The van der Waals surface area contributed by atoms with Crippen LogP contribution in [-0.2, 0) is 14.3 Å². The predicted octanol–water partition coefficient (Wildman–Crippen LogP) is 1.73. The van der Waals surface area contributed by atoms with Gasteiger partial charge >= 0.3 is 0 Å². The van der Waals surface area contributed by atoms with Crippen molar-refractivity contribution in [2.24, 2.45) is 0 Å². The summed E-state index contributed by atoms with van der Waals surface area (Å²) in [5.74, 6) is -0.422. The number of nitrogens with zero attached hydrogens (tertiary/aromatic N) is 4. The quantitative estimate of drug-likeness (QED) is 0.357. The first-order chi connectivity index (χ1) is 19.5. The van der Waals surface area contributed by atoms with Crippen LogP contribution in [0.3, 0.4) is 0 Å². The lowest BCUT2D eigenvalue weighted by Crippen LogP contribution is -2.42. The van der Waals surface area contributed by atoms with Gasteiger partial charge in [-0.05, 0) is 24.3 Å². The number of ether oxygens (including phenoxy) is 2. The number of hydrogen-bond donors (Lipinski definition) is 1. The van der Waals surface area contributed by atoms with Crippen molar-refractivity contribution in [2.45, 2.75) is 0 Å². The molecule has 1 N–H and O–H groups in total. The highest BCUT2D eigenvalue weighted by molar-refractivity contribution is 7.13. The predicted molar refractivity (Wildman–Crippen MR) is 152 cm³/mol. The SMILES string of the molecule is N#C/C(C(=O)N1CCOCC1)=c1/s/c(=C/c2ccccc2OCC(=O)Nc2nccs2)c(=O)n1-c1ccccc1. The van der Waals surface area contributed by atoms with Gasteiger partial charge in [-0.25, -0.2) is 4.98 Å². The summed E-state index contributed by atoms with van der Waals surface area (Å²) in [6.07, 6.45) is 3.23. The van der Waals surface area contributed by atoms with E-state index in [1.54, 1.807) is 71.1 Å². The highest BCUT2D eigenvalue weighted by atomic mass is 32.1. The molecule has 40 heavy (non-hydrogen) atoms. The van der Waals surface area contributed by atoms with Gasteiger partial charge in [-0.2, -0.15) is 5.26 Å². The molecule has 4 aromatic rings. The van der Waals surface area contributed by atoms with E-state index in [1.165, 1.54) is 15.9 Å². The zero-order valence-electron chi connectivity index (χ0n) is 21.1. The lowest BCUT2D eigenvalue weighted by molar-refractivity contribution is -0.128. The molecule has 3 heterocycles. The van der Waals surface area contributed by atoms with Crippen molar-refractivity contribution in [1.29, 1.82) is 5.26 Å². The van der Waals surface area contributed by atoms with Crippen molar-refractivity contribution in [3.63, 3.8) is 0 Å². The first-order valence-electron chi connectivity index (χ1n) is 12.3. The molecule has 0 atom stereocenters. The summed E-state index contributed by atoms with van der Waals surface area (Å²) in [4.78, 5) is 45.0. The summed E-state index contributed by atoms with van der Waals surface area (Å²) in [7, 11) is 0. The lowest BCUT2D eigenvalue weighted by atomic mass is 10.2. The van der Waals surface area contributed by atoms with Gasteiger partial charge < -0.3 is 14.4 Å². The molecule has 0 bridgehead atoms. The maximum atomic E-state index is 13.7. The van der Waals surface area contributed by atoms with Crippen LogP contribution in [0.2, 0.25) is 0 Å². The van der Waals surface area contributed by atoms with Gasteiger partial charge in [0, 0.05) is 30.2 Å². The second-order valence-corrected chi connectivity index (χ2v) is 10.4. The second kappa shape index (κ2) is 12.5. The van der Waals surface area contributed by atoms with E-state index in [2.05, 4.69) is 10.3 Å². The molecule has 2 aromatic heterocycles. The van der Waals surface area contributed by atoms with E-state index in [1.807, 2.05) is 12.1 Å². The Hall–Kier alpha value is -4.57. The molecule has 1 aliphatic heterocycles. The summed E-state index contributed by atoms with van der Waals surface area (Å²) in [6.45, 7) is 1.25. The minimum atomic E-state index is -0.446. The third-order valence-electron chi connectivity index (χ3n) is 5.92. The standard InChI is InChI=1S/C28H23N5O5S2/c29-17-21(25(35)32-11-13-37-14-12-32)27-33(20-7-2-1-3-8-20)26(36)23(40-27)16-19-6-4-5-9-22(19)38-18-24(34)31-28-30-10-15-39-28/h1-10,15-16H,11-14,18H2,(H,30,31,34)/b23-16+,27-21-. The van der Waals surface area contributed by atoms with Crippen molar-refractivity contribution in [3.05, 3.63) is 91.3 Å². The van der Waals surface area contributed by atoms with E-state index < -0.39 is 5.91 Å². The van der Waals surface area contributed by atoms with Gasteiger partial charge in [0.2, 0.25) is 0 Å². The summed E-state index contributed by atoms with van der Waals surface area (Å²) >= 11 is 2.35. The molecule has 0 saturated carbocycles. The maximum Gasteiger partial charge on any atom is 0.273 e. The van der Waals surface area contributed by atoms with E-state index in [4.69, 9.17) is 9.47 Å². The van der Waals surface area contributed by atoms with Crippen LogP contribution in [-0.4, -0.2) is 59.2 Å². The number of amides is 2. The van der Waals surface area contributed by atoms with Crippen LogP contribution in [0.4, 0.5) is 5.13 Å². The Labute approximate surface area is 236 Å². The average molecular weight is 574 g/mol. The van der Waals surface area contributed by atoms with Crippen molar-refractivity contribution in [3.8, 4) is 17.5 Å². The van der Waals surface area contributed by atoms with Crippen molar-refractivity contribution in [2.75, 3.05) is 38.2 Å². The van der Waals surface area contributed by atoms with Crippen LogP contribution in [0.5, 0.6) is 5.75 Å². The number of hydrogen-bond acceptors (Lipinski definition) is 9. The van der Waals surface area contributed by atoms with Gasteiger partial charge in [-0.15, -0.1) is 22.7 Å². The Morgan fingerprint density at radius 2 is 1.88 bits per heavy atom. The van der Waals surface area contributed by atoms with Gasteiger partial charge in [0.25, 0.3) is 17.4 Å². The Bertz CT molecular complexity index is 1730. The van der Waals surface area contributed by atoms with Crippen LogP contribution in [0, 0.1) is 11.3 Å². The highest BCUT2D eigenvalue weighted by Crippen LogP contribution is 2.19. The third kappa shape index (κ3) is 6.02. The fourth-order valence-electron chi connectivity index (χ4n) is 4.03. The van der Waals surface area contributed by atoms with E-state index in [9.17, 15) is 19.6 Å². The van der Waals surface area contributed by atoms with Crippen LogP contribution in [0.25, 0.3) is 17.3 Å². The Kier molecular flexibility index (Phi) is 8.46. The smallest absolute Gasteiger partial charge is 0.273 e. The number of rotatable bonds is 7. The number of carbonyl (C=O) groups is 2.